The molecule has 0 unspecified atom stereocenters. The Kier molecular flexibility index (Phi) is 3.88. The van der Waals surface area contributed by atoms with Gasteiger partial charge in [-0.1, -0.05) is 0 Å². The van der Waals surface area contributed by atoms with Crippen molar-refractivity contribution in [2.45, 2.75) is 10.8 Å². The first-order chi connectivity index (χ1) is 7.30. The van der Waals surface area contributed by atoms with E-state index in [1.807, 2.05) is 0 Å². The van der Waals surface area contributed by atoms with Gasteiger partial charge in [0.05, 0.1) is 0 Å². The summed E-state index contributed by atoms with van der Waals surface area (Å²) in [5.41, 5.74) is 0.209. The standard InChI is InChI=1S/C9H10ClF2NO2S/c1-13(2)16(14,15)8-4-6(5-10)3-7(11)9(8)12/h3-4H,5H2,1-2H3. The highest BCUT2D eigenvalue weighted by Crippen LogP contribution is 2.22. The van der Waals surface area contributed by atoms with Gasteiger partial charge >= 0.3 is 0 Å². The molecule has 0 radical (unpaired) electrons. The van der Waals surface area contributed by atoms with Gasteiger partial charge in [0, 0.05) is 20.0 Å². The van der Waals surface area contributed by atoms with Crippen molar-refractivity contribution in [2.24, 2.45) is 0 Å². The molecule has 1 rings (SSSR count). The molecule has 0 amide bonds. The van der Waals surface area contributed by atoms with Crippen LogP contribution in [0.1, 0.15) is 5.56 Å². The second-order valence-electron chi connectivity index (χ2n) is 3.31. The fourth-order valence-electron chi connectivity index (χ4n) is 1.08. The molecule has 0 aromatic heterocycles. The smallest absolute Gasteiger partial charge is 0.207 e. The predicted octanol–water partition coefficient (Wildman–Crippen LogP) is 1.95. The number of nitrogens with zero attached hydrogens (tertiary/aromatic N) is 1. The van der Waals surface area contributed by atoms with Crippen LogP contribution in [0.2, 0.25) is 0 Å². The lowest BCUT2D eigenvalue weighted by atomic mass is 10.2. The summed E-state index contributed by atoms with van der Waals surface area (Å²) in [6.45, 7) is 0. The number of hydrogen-bond acceptors (Lipinski definition) is 2. The summed E-state index contributed by atoms with van der Waals surface area (Å²) >= 11 is 5.46. The van der Waals surface area contributed by atoms with E-state index in [0.29, 0.717) is 0 Å². The summed E-state index contributed by atoms with van der Waals surface area (Å²) in [7, 11) is -1.53. The predicted molar refractivity (Wildman–Crippen MR) is 56.8 cm³/mol. The Morgan fingerprint density at radius 1 is 1.31 bits per heavy atom. The van der Waals surface area contributed by atoms with Gasteiger partial charge in [-0.25, -0.2) is 21.5 Å². The first kappa shape index (κ1) is 13.3. The van der Waals surface area contributed by atoms with Gasteiger partial charge in [-0.2, -0.15) is 0 Å². The van der Waals surface area contributed by atoms with E-state index in [4.69, 9.17) is 11.6 Å². The summed E-state index contributed by atoms with van der Waals surface area (Å²) < 4.78 is 50.6. The van der Waals surface area contributed by atoms with Gasteiger partial charge in [-0.05, 0) is 17.7 Å². The van der Waals surface area contributed by atoms with Gasteiger partial charge in [0.15, 0.2) is 11.6 Å². The van der Waals surface area contributed by atoms with Gasteiger partial charge in [0.25, 0.3) is 0 Å². The fraction of sp³-hybridized carbons (Fsp3) is 0.333. The molecular weight excluding hydrogens is 260 g/mol. The maximum atomic E-state index is 13.4. The first-order valence-electron chi connectivity index (χ1n) is 4.27. The van der Waals surface area contributed by atoms with E-state index >= 15 is 0 Å². The molecule has 1 aromatic rings. The molecule has 0 aliphatic carbocycles. The van der Waals surface area contributed by atoms with Crippen LogP contribution in [0, 0.1) is 11.6 Å². The van der Waals surface area contributed by atoms with Crippen molar-refractivity contribution in [1.29, 1.82) is 0 Å². The van der Waals surface area contributed by atoms with E-state index in [-0.39, 0.29) is 11.4 Å². The molecule has 0 atom stereocenters. The second-order valence-corrected chi connectivity index (χ2v) is 5.70. The third kappa shape index (κ3) is 2.34. The maximum absolute atomic E-state index is 13.4. The van der Waals surface area contributed by atoms with Crippen molar-refractivity contribution in [3.05, 3.63) is 29.3 Å². The average Bonchev–Trinajstić information content (AvgIpc) is 2.21. The fourth-order valence-corrected chi connectivity index (χ4v) is 2.25. The monoisotopic (exact) mass is 269 g/mol. The highest BCUT2D eigenvalue weighted by atomic mass is 35.5. The van der Waals surface area contributed by atoms with Gasteiger partial charge in [-0.15, -0.1) is 11.6 Å². The minimum Gasteiger partial charge on any atom is -0.207 e. The third-order valence-corrected chi connectivity index (χ3v) is 4.09. The molecule has 16 heavy (non-hydrogen) atoms. The molecule has 0 spiro atoms. The topological polar surface area (TPSA) is 37.4 Å². The maximum Gasteiger partial charge on any atom is 0.245 e. The third-order valence-electron chi connectivity index (χ3n) is 1.97. The lowest BCUT2D eigenvalue weighted by molar-refractivity contribution is 0.470. The molecule has 90 valence electrons. The lowest BCUT2D eigenvalue weighted by Gasteiger charge is -2.13. The Morgan fingerprint density at radius 3 is 2.31 bits per heavy atom. The largest absolute Gasteiger partial charge is 0.245 e. The molecule has 0 saturated heterocycles. The van der Waals surface area contributed by atoms with Crippen molar-refractivity contribution in [3.63, 3.8) is 0 Å². The first-order valence-corrected chi connectivity index (χ1v) is 6.24. The Morgan fingerprint density at radius 2 is 1.88 bits per heavy atom. The summed E-state index contributed by atoms with van der Waals surface area (Å²) in [6.07, 6.45) is 0. The molecular formula is C9H10ClF2NO2S. The number of sulfonamides is 1. The highest BCUT2D eigenvalue weighted by molar-refractivity contribution is 7.89. The summed E-state index contributed by atoms with van der Waals surface area (Å²) in [5.74, 6) is -2.70. The molecule has 0 heterocycles. The normalized spacial score (nSPS) is 12.1. The van der Waals surface area contributed by atoms with E-state index < -0.39 is 26.6 Å². The minimum absolute atomic E-state index is 0.0901. The van der Waals surface area contributed by atoms with Crippen molar-refractivity contribution < 1.29 is 17.2 Å². The summed E-state index contributed by atoms with van der Waals surface area (Å²) in [4.78, 5) is -0.701. The Balaban J connectivity index is 3.51. The van der Waals surface area contributed by atoms with Crippen LogP contribution >= 0.6 is 11.6 Å². The zero-order valence-corrected chi connectivity index (χ0v) is 10.2. The average molecular weight is 270 g/mol. The second kappa shape index (κ2) is 4.65. The molecule has 3 nitrogen and oxygen atoms in total. The number of rotatable bonds is 3. The molecule has 0 bridgehead atoms. The Bertz CT molecular complexity index is 502. The molecule has 0 N–H and O–H groups in total. The SMILES string of the molecule is CN(C)S(=O)(=O)c1cc(CCl)cc(F)c1F. The van der Waals surface area contributed by atoms with Crippen LogP contribution in [0.25, 0.3) is 0 Å². The van der Waals surface area contributed by atoms with E-state index in [2.05, 4.69) is 0 Å². The number of benzene rings is 1. The van der Waals surface area contributed by atoms with Crippen LogP contribution in [-0.4, -0.2) is 26.8 Å². The van der Waals surface area contributed by atoms with Crippen LogP contribution in [0.5, 0.6) is 0 Å². The Labute approximate surface area is 97.7 Å². The number of alkyl halides is 1. The molecule has 0 aliphatic rings. The summed E-state index contributed by atoms with van der Waals surface area (Å²) in [6, 6.07) is 1.90. The minimum atomic E-state index is -4.00. The molecule has 7 heteroatoms. The molecule has 0 fully saturated rings. The van der Waals surface area contributed by atoms with Crippen LogP contribution in [-0.2, 0) is 15.9 Å². The lowest BCUT2D eigenvalue weighted by Crippen LogP contribution is -2.23. The van der Waals surface area contributed by atoms with Gasteiger partial charge in [0.1, 0.15) is 4.90 Å². The van der Waals surface area contributed by atoms with E-state index in [0.717, 1.165) is 16.4 Å². The van der Waals surface area contributed by atoms with Crippen LogP contribution < -0.4 is 0 Å². The van der Waals surface area contributed by atoms with Gasteiger partial charge in [-0.3, -0.25) is 0 Å². The Hall–Kier alpha value is -0.720. The molecule has 0 saturated carbocycles. The zero-order chi connectivity index (χ0) is 12.5. The molecule has 0 aliphatic heterocycles. The zero-order valence-electron chi connectivity index (χ0n) is 8.67. The number of halogens is 3. The van der Waals surface area contributed by atoms with Gasteiger partial charge in [0.2, 0.25) is 10.0 Å². The van der Waals surface area contributed by atoms with Gasteiger partial charge < -0.3 is 0 Å². The van der Waals surface area contributed by atoms with Crippen molar-refractivity contribution in [1.82, 2.24) is 4.31 Å². The van der Waals surface area contributed by atoms with Crippen molar-refractivity contribution >= 4 is 21.6 Å². The van der Waals surface area contributed by atoms with Crippen molar-refractivity contribution in [3.8, 4) is 0 Å². The van der Waals surface area contributed by atoms with E-state index in [9.17, 15) is 17.2 Å². The number of hydrogen-bond donors (Lipinski definition) is 0. The quantitative estimate of drug-likeness (QED) is 0.787. The van der Waals surface area contributed by atoms with Crippen molar-refractivity contribution in [2.75, 3.05) is 14.1 Å². The van der Waals surface area contributed by atoms with E-state index in [1.54, 1.807) is 0 Å². The van der Waals surface area contributed by atoms with E-state index in [1.165, 1.54) is 14.1 Å². The summed E-state index contributed by atoms with van der Waals surface area (Å²) in [5, 5.41) is 0. The van der Waals surface area contributed by atoms with Crippen LogP contribution in [0.4, 0.5) is 8.78 Å². The van der Waals surface area contributed by atoms with Crippen LogP contribution in [0.15, 0.2) is 17.0 Å². The van der Waals surface area contributed by atoms with Crippen LogP contribution in [0.3, 0.4) is 0 Å². The highest BCUT2D eigenvalue weighted by Gasteiger charge is 2.24. The molecule has 1 aromatic carbocycles.